The number of hydrogen-bond donors (Lipinski definition) is 3. The standard InChI is InChI=1S/CH2O3.F2HO4P.Li.H/c2-1(3)4;1-5-7(3,4)6-2;;/h(H2,2,3,4);(H,3,4);;. The maximum absolute atomic E-state index is 10.4. The first kappa shape index (κ1) is 17.8. The molecule has 0 aliphatic rings. The molecule has 0 aromatic rings. The number of halogens is 2. The summed E-state index contributed by atoms with van der Waals surface area (Å²) in [4.78, 5) is 16.0. The molecule has 0 aromatic heterocycles. The second-order valence-electron chi connectivity index (χ2n) is 0.889. The summed E-state index contributed by atoms with van der Waals surface area (Å²) in [6.07, 6.45) is -1.83. The first-order chi connectivity index (χ1) is 4.85. The maximum atomic E-state index is 10.4. The fourth-order valence-electron chi connectivity index (χ4n) is 0.0106. The summed E-state index contributed by atoms with van der Waals surface area (Å²) in [5.41, 5.74) is 0. The van der Waals surface area contributed by atoms with Crippen molar-refractivity contribution in [2.24, 2.45) is 0 Å². The van der Waals surface area contributed by atoms with Crippen molar-refractivity contribution in [1.82, 2.24) is 0 Å². The van der Waals surface area contributed by atoms with Gasteiger partial charge in [-0.25, -0.2) is 9.36 Å². The monoisotopic (exact) mass is 204 g/mol. The van der Waals surface area contributed by atoms with Crippen LogP contribution in [0.2, 0.25) is 0 Å². The van der Waals surface area contributed by atoms with E-state index in [9.17, 15) is 13.6 Å². The number of hydrogen-bond acceptors (Lipinski definition) is 4. The van der Waals surface area contributed by atoms with Gasteiger partial charge in [-0.2, -0.15) is 0 Å². The van der Waals surface area contributed by atoms with E-state index < -0.39 is 14.0 Å². The van der Waals surface area contributed by atoms with Gasteiger partial charge in [0, 0.05) is 0 Å². The third-order valence-electron chi connectivity index (χ3n) is 0.174. The molecule has 70 valence electrons. The van der Waals surface area contributed by atoms with Crippen LogP contribution >= 0.6 is 7.82 Å². The molecule has 0 unspecified atom stereocenters. The Balaban J connectivity index is -0.000000142. The van der Waals surface area contributed by atoms with E-state index in [1.165, 1.54) is 0 Å². The van der Waals surface area contributed by atoms with Gasteiger partial charge < -0.3 is 10.2 Å². The Bertz CT molecular complexity index is 149. The molecule has 0 saturated carbocycles. The zero-order valence-electron chi connectivity index (χ0n) is 4.68. The Labute approximate surface area is 76.5 Å². The summed E-state index contributed by atoms with van der Waals surface area (Å²) < 4.78 is 34.3. The Kier molecular flexibility index (Phi) is 13.2. The third-order valence-corrected chi connectivity index (χ3v) is 0.523. The minimum absolute atomic E-state index is 0. The summed E-state index contributed by atoms with van der Waals surface area (Å²) in [5, 5.41) is 13.9. The summed E-state index contributed by atoms with van der Waals surface area (Å²) >= 11 is 0. The SMILES string of the molecule is O=C(O)O.O=P(O)(OF)OF.[LiH]. The fraction of sp³-hybridized carbons (Fsp3) is 0. The Hall–Kier alpha value is -0.163. The van der Waals surface area contributed by atoms with Crippen LogP contribution in [-0.4, -0.2) is 40.1 Å². The summed E-state index contributed by atoms with van der Waals surface area (Å²) in [6, 6.07) is 0. The van der Waals surface area contributed by atoms with Gasteiger partial charge in [-0.15, -0.1) is 0 Å². The molecule has 0 heterocycles. The van der Waals surface area contributed by atoms with Gasteiger partial charge in [0.05, 0.1) is 0 Å². The number of phosphoric acid groups is 1. The molecule has 12 heavy (non-hydrogen) atoms. The normalized spacial score (nSPS) is 8.92. The predicted molar refractivity (Wildman–Crippen MR) is 32.0 cm³/mol. The van der Waals surface area contributed by atoms with Crippen molar-refractivity contribution in [2.45, 2.75) is 0 Å². The van der Waals surface area contributed by atoms with E-state index in [2.05, 4.69) is 9.46 Å². The molecular weight excluding hydrogens is 200 g/mol. The van der Waals surface area contributed by atoms with Gasteiger partial charge >= 0.3 is 32.8 Å². The molecule has 0 aliphatic heterocycles. The van der Waals surface area contributed by atoms with Gasteiger partial charge in [0.1, 0.15) is 0 Å². The molecule has 0 radical (unpaired) electrons. The number of carbonyl (C=O) groups is 1. The average Bonchev–Trinajstić information content (AvgIpc) is 1.87. The van der Waals surface area contributed by atoms with Crippen LogP contribution in [0.4, 0.5) is 13.8 Å². The molecule has 0 rings (SSSR count). The van der Waals surface area contributed by atoms with Crippen molar-refractivity contribution in [1.29, 1.82) is 0 Å². The van der Waals surface area contributed by atoms with Gasteiger partial charge in [-0.3, -0.25) is 4.89 Å². The van der Waals surface area contributed by atoms with Gasteiger partial charge in [0.2, 0.25) is 0 Å². The molecule has 0 amide bonds. The van der Waals surface area contributed by atoms with Crippen LogP contribution in [0.3, 0.4) is 0 Å². The quantitative estimate of drug-likeness (QED) is 0.442. The van der Waals surface area contributed by atoms with Gasteiger partial charge in [0.25, 0.3) is 0 Å². The predicted octanol–water partition coefficient (Wildman–Crippen LogP) is 0.463. The average molecular weight is 204 g/mol. The molecule has 7 nitrogen and oxygen atoms in total. The van der Waals surface area contributed by atoms with E-state index in [4.69, 9.17) is 19.9 Å². The van der Waals surface area contributed by atoms with Crippen molar-refractivity contribution in [3.05, 3.63) is 0 Å². The van der Waals surface area contributed by atoms with Crippen molar-refractivity contribution in [3.8, 4) is 0 Å². The van der Waals surface area contributed by atoms with Crippen LogP contribution in [0, 0.1) is 0 Å². The topological polar surface area (TPSA) is 113 Å². The molecule has 0 aliphatic carbocycles. The Morgan fingerprint density at radius 2 is 1.42 bits per heavy atom. The van der Waals surface area contributed by atoms with E-state index in [1.54, 1.807) is 0 Å². The molecule has 0 aromatic carbocycles. The number of rotatable bonds is 2. The van der Waals surface area contributed by atoms with Gasteiger partial charge in [-0.05, 0) is 9.05 Å². The second-order valence-corrected chi connectivity index (χ2v) is 2.10. The van der Waals surface area contributed by atoms with Gasteiger partial charge in [-0.1, -0.05) is 9.46 Å². The van der Waals surface area contributed by atoms with Crippen LogP contribution in [0.5, 0.6) is 0 Å². The van der Waals surface area contributed by atoms with E-state index >= 15 is 0 Å². The van der Waals surface area contributed by atoms with Crippen LogP contribution in [-0.2, 0) is 14.0 Å². The summed E-state index contributed by atoms with van der Waals surface area (Å²) in [6.45, 7) is 0. The third kappa shape index (κ3) is 22.5. The van der Waals surface area contributed by atoms with Crippen molar-refractivity contribution >= 4 is 32.8 Å². The Morgan fingerprint density at radius 3 is 1.42 bits per heavy atom. The first-order valence-electron chi connectivity index (χ1n) is 1.71. The minimum atomic E-state index is -4.99. The van der Waals surface area contributed by atoms with Crippen molar-refractivity contribution < 1.29 is 43.0 Å². The summed E-state index contributed by atoms with van der Waals surface area (Å²) in [5.74, 6) is 0. The molecule has 0 saturated heterocycles. The molecular formula is CH4F2LiO7P. The molecule has 0 spiro atoms. The molecule has 0 bridgehead atoms. The zero-order chi connectivity index (χ0) is 9.49. The van der Waals surface area contributed by atoms with Crippen LogP contribution in [0.15, 0.2) is 0 Å². The van der Waals surface area contributed by atoms with Crippen molar-refractivity contribution in [3.63, 3.8) is 0 Å². The van der Waals surface area contributed by atoms with E-state index in [1.807, 2.05) is 0 Å². The van der Waals surface area contributed by atoms with Crippen LogP contribution in [0.1, 0.15) is 0 Å². The van der Waals surface area contributed by atoms with Gasteiger partial charge in [0.15, 0.2) is 0 Å². The first-order valence-corrected chi connectivity index (χ1v) is 3.20. The number of carboxylic acid groups (broad SMARTS) is 2. The summed E-state index contributed by atoms with van der Waals surface area (Å²) in [7, 11) is -4.99. The van der Waals surface area contributed by atoms with E-state index in [-0.39, 0.29) is 18.9 Å². The van der Waals surface area contributed by atoms with E-state index in [0.29, 0.717) is 0 Å². The molecule has 0 fully saturated rings. The van der Waals surface area contributed by atoms with Crippen molar-refractivity contribution in [2.75, 3.05) is 0 Å². The fourth-order valence-corrected chi connectivity index (χ4v) is 0.0319. The second kappa shape index (κ2) is 8.93. The van der Waals surface area contributed by atoms with Crippen LogP contribution in [0.25, 0.3) is 0 Å². The molecule has 11 heteroatoms. The van der Waals surface area contributed by atoms with E-state index in [0.717, 1.165) is 0 Å². The van der Waals surface area contributed by atoms with Crippen LogP contribution < -0.4 is 0 Å². The molecule has 0 atom stereocenters. The Morgan fingerprint density at radius 1 is 1.25 bits per heavy atom. The molecule has 3 N–H and O–H groups in total. The zero-order valence-corrected chi connectivity index (χ0v) is 5.57.